The first-order valence-electron chi connectivity index (χ1n) is 5.24. The van der Waals surface area contributed by atoms with Gasteiger partial charge in [-0.05, 0) is 19.2 Å². The minimum absolute atomic E-state index is 0.241. The molecule has 0 bridgehead atoms. The van der Waals surface area contributed by atoms with Crippen LogP contribution in [0.15, 0.2) is 24.3 Å². The highest BCUT2D eigenvalue weighted by molar-refractivity contribution is 5.85. The van der Waals surface area contributed by atoms with E-state index in [0.29, 0.717) is 11.9 Å². The first-order valence-corrected chi connectivity index (χ1v) is 5.24. The molecule has 1 aromatic heterocycles. The molecule has 5 heteroatoms. The van der Waals surface area contributed by atoms with Crippen molar-refractivity contribution in [3.63, 3.8) is 0 Å². The van der Waals surface area contributed by atoms with Crippen molar-refractivity contribution in [2.75, 3.05) is 7.05 Å². The highest BCUT2D eigenvalue weighted by Crippen LogP contribution is 2.35. The molecule has 0 saturated heterocycles. The van der Waals surface area contributed by atoms with Gasteiger partial charge in [-0.3, -0.25) is 0 Å². The van der Waals surface area contributed by atoms with Crippen molar-refractivity contribution in [1.82, 2.24) is 9.88 Å². The molecule has 2 aromatic rings. The van der Waals surface area contributed by atoms with E-state index in [2.05, 4.69) is 5.32 Å². The third-order valence-electron chi connectivity index (χ3n) is 2.82. The lowest BCUT2D eigenvalue weighted by Crippen LogP contribution is -2.11. The first-order chi connectivity index (χ1) is 7.95. The van der Waals surface area contributed by atoms with Crippen LogP contribution >= 0.6 is 0 Å². The Morgan fingerprint density at radius 2 is 2.00 bits per heavy atom. The Kier molecular flexibility index (Phi) is 2.87. The zero-order valence-corrected chi connectivity index (χ0v) is 9.60. The van der Waals surface area contributed by atoms with Crippen LogP contribution in [-0.2, 0) is 19.8 Å². The van der Waals surface area contributed by atoms with Gasteiger partial charge in [-0.2, -0.15) is 13.2 Å². The second-order valence-electron chi connectivity index (χ2n) is 3.97. The summed E-state index contributed by atoms with van der Waals surface area (Å²) < 4.78 is 40.2. The second-order valence-corrected chi connectivity index (χ2v) is 3.97. The fraction of sp³-hybridized carbons (Fsp3) is 0.333. The van der Waals surface area contributed by atoms with Crippen molar-refractivity contribution in [2.45, 2.75) is 12.7 Å². The molecule has 0 aliphatic heterocycles. The summed E-state index contributed by atoms with van der Waals surface area (Å²) in [5, 5.41) is 3.56. The Labute approximate surface area is 97.0 Å². The van der Waals surface area contributed by atoms with E-state index in [-0.39, 0.29) is 5.52 Å². The number of hydrogen-bond acceptors (Lipinski definition) is 1. The summed E-state index contributed by atoms with van der Waals surface area (Å²) in [5.74, 6) is 0. The lowest BCUT2D eigenvalue weighted by Gasteiger charge is -2.10. The molecule has 1 N–H and O–H groups in total. The third kappa shape index (κ3) is 2.02. The van der Waals surface area contributed by atoms with E-state index in [1.807, 2.05) is 0 Å². The quantitative estimate of drug-likeness (QED) is 0.856. The van der Waals surface area contributed by atoms with E-state index >= 15 is 0 Å². The number of hydrogen-bond donors (Lipinski definition) is 1. The van der Waals surface area contributed by atoms with E-state index in [9.17, 15) is 13.2 Å². The SMILES string of the molecule is CNCc1cc2cccc(C(F)(F)F)c2n1C. The van der Waals surface area contributed by atoms with Gasteiger partial charge < -0.3 is 9.88 Å². The molecule has 0 fully saturated rings. The number of alkyl halides is 3. The summed E-state index contributed by atoms with van der Waals surface area (Å²) in [6.07, 6.45) is -4.32. The molecule has 92 valence electrons. The summed E-state index contributed by atoms with van der Waals surface area (Å²) in [6.45, 7) is 0.544. The number of fused-ring (bicyclic) bond motifs is 1. The third-order valence-corrected chi connectivity index (χ3v) is 2.82. The van der Waals surface area contributed by atoms with Crippen molar-refractivity contribution in [3.05, 3.63) is 35.5 Å². The number of benzene rings is 1. The van der Waals surface area contributed by atoms with Crippen molar-refractivity contribution in [1.29, 1.82) is 0 Å². The largest absolute Gasteiger partial charge is 0.418 e. The molecule has 0 aliphatic rings. The molecule has 2 nitrogen and oxygen atoms in total. The Morgan fingerprint density at radius 1 is 1.29 bits per heavy atom. The smallest absolute Gasteiger partial charge is 0.346 e. The van der Waals surface area contributed by atoms with E-state index in [4.69, 9.17) is 0 Å². The number of para-hydroxylation sites is 1. The van der Waals surface area contributed by atoms with Crippen LogP contribution in [-0.4, -0.2) is 11.6 Å². The summed E-state index contributed by atoms with van der Waals surface area (Å²) in [5.41, 5.74) is 0.490. The van der Waals surface area contributed by atoms with Gasteiger partial charge in [0.05, 0.1) is 11.1 Å². The fourth-order valence-electron chi connectivity index (χ4n) is 2.05. The Morgan fingerprint density at radius 3 is 2.59 bits per heavy atom. The van der Waals surface area contributed by atoms with Gasteiger partial charge in [0.15, 0.2) is 0 Å². The van der Waals surface area contributed by atoms with Gasteiger partial charge in [-0.15, -0.1) is 0 Å². The average Bonchev–Trinajstić information content (AvgIpc) is 2.55. The van der Waals surface area contributed by atoms with Crippen LogP contribution in [0.2, 0.25) is 0 Å². The van der Waals surface area contributed by atoms with E-state index in [1.165, 1.54) is 6.07 Å². The number of nitrogens with one attached hydrogen (secondary N) is 1. The second kappa shape index (κ2) is 4.07. The molecule has 0 unspecified atom stereocenters. The van der Waals surface area contributed by atoms with E-state index in [0.717, 1.165) is 11.8 Å². The average molecular weight is 242 g/mol. The number of halogens is 3. The Hall–Kier alpha value is -1.49. The zero-order valence-electron chi connectivity index (χ0n) is 9.60. The topological polar surface area (TPSA) is 17.0 Å². The molecule has 0 radical (unpaired) electrons. The van der Waals surface area contributed by atoms with Crippen molar-refractivity contribution < 1.29 is 13.2 Å². The molecular formula is C12H13F3N2. The molecule has 0 spiro atoms. The molecule has 1 heterocycles. The maximum Gasteiger partial charge on any atom is 0.418 e. The van der Waals surface area contributed by atoms with Gasteiger partial charge in [0.25, 0.3) is 0 Å². The molecule has 17 heavy (non-hydrogen) atoms. The van der Waals surface area contributed by atoms with Gasteiger partial charge in [0.1, 0.15) is 0 Å². The molecule has 0 aliphatic carbocycles. The minimum atomic E-state index is -4.32. The molecule has 0 amide bonds. The number of aryl methyl sites for hydroxylation is 1. The minimum Gasteiger partial charge on any atom is -0.346 e. The van der Waals surface area contributed by atoms with Crippen LogP contribution in [0.4, 0.5) is 13.2 Å². The van der Waals surface area contributed by atoms with Crippen LogP contribution in [0.5, 0.6) is 0 Å². The van der Waals surface area contributed by atoms with Crippen molar-refractivity contribution in [2.24, 2.45) is 7.05 Å². The highest BCUT2D eigenvalue weighted by atomic mass is 19.4. The van der Waals surface area contributed by atoms with Crippen molar-refractivity contribution >= 4 is 10.9 Å². The standard InChI is InChI=1S/C12H13F3N2/c1-16-7-9-6-8-4-3-5-10(12(13,14)15)11(8)17(9)2/h3-6,16H,7H2,1-2H3. The van der Waals surface area contributed by atoms with Crippen LogP contribution in [0.1, 0.15) is 11.3 Å². The van der Waals surface area contributed by atoms with Crippen LogP contribution in [0, 0.1) is 0 Å². The summed E-state index contributed by atoms with van der Waals surface area (Å²) in [6, 6.07) is 6.03. The van der Waals surface area contributed by atoms with Gasteiger partial charge >= 0.3 is 6.18 Å². The maximum absolute atomic E-state index is 12.9. The first kappa shape index (κ1) is 12.0. The van der Waals surface area contributed by atoms with Crippen molar-refractivity contribution in [3.8, 4) is 0 Å². The van der Waals surface area contributed by atoms with Crippen LogP contribution in [0.3, 0.4) is 0 Å². The summed E-state index contributed by atoms with van der Waals surface area (Å²) in [4.78, 5) is 0. The van der Waals surface area contributed by atoms with Crippen LogP contribution in [0.25, 0.3) is 10.9 Å². The van der Waals surface area contributed by atoms with Gasteiger partial charge in [0, 0.05) is 24.7 Å². The van der Waals surface area contributed by atoms with Gasteiger partial charge in [-0.1, -0.05) is 12.1 Å². The normalized spacial score (nSPS) is 12.3. The molecule has 2 rings (SSSR count). The molecular weight excluding hydrogens is 229 g/mol. The number of aromatic nitrogens is 1. The highest BCUT2D eigenvalue weighted by Gasteiger charge is 2.33. The lowest BCUT2D eigenvalue weighted by molar-refractivity contribution is -0.136. The summed E-state index contributed by atoms with van der Waals surface area (Å²) >= 11 is 0. The summed E-state index contributed by atoms with van der Waals surface area (Å²) in [7, 11) is 3.42. The monoisotopic (exact) mass is 242 g/mol. The molecule has 1 aromatic carbocycles. The predicted molar refractivity (Wildman–Crippen MR) is 60.7 cm³/mol. The van der Waals surface area contributed by atoms with E-state index in [1.54, 1.807) is 30.8 Å². The fourth-order valence-corrected chi connectivity index (χ4v) is 2.05. The van der Waals surface area contributed by atoms with Gasteiger partial charge in [-0.25, -0.2) is 0 Å². The molecule has 0 saturated carbocycles. The maximum atomic E-state index is 12.9. The molecule has 0 atom stereocenters. The number of rotatable bonds is 2. The van der Waals surface area contributed by atoms with E-state index < -0.39 is 11.7 Å². The Balaban J connectivity index is 2.71. The van der Waals surface area contributed by atoms with Crippen LogP contribution < -0.4 is 5.32 Å². The number of nitrogens with zero attached hydrogens (tertiary/aromatic N) is 1. The zero-order chi connectivity index (χ0) is 12.6. The predicted octanol–water partition coefficient (Wildman–Crippen LogP) is 2.92. The van der Waals surface area contributed by atoms with Gasteiger partial charge in [0.2, 0.25) is 0 Å². The Bertz CT molecular complexity index is 540. The lowest BCUT2D eigenvalue weighted by atomic mass is 10.1.